The normalized spacial score (nSPS) is 24.6. The van der Waals surface area contributed by atoms with Gasteiger partial charge in [-0.1, -0.05) is 48.5 Å². The number of likely N-dealkylation sites (tertiary alicyclic amines) is 1. The number of hydrogen-bond donors (Lipinski definition) is 1. The summed E-state index contributed by atoms with van der Waals surface area (Å²) in [6.07, 6.45) is -0.344. The molecule has 1 unspecified atom stereocenters. The Balaban J connectivity index is 1.67. The average molecular weight is 350 g/mol. The highest BCUT2D eigenvalue weighted by Gasteiger charge is 2.43. The third-order valence-corrected chi connectivity index (χ3v) is 5.40. The minimum absolute atomic E-state index is 0.109. The van der Waals surface area contributed by atoms with Crippen LogP contribution >= 0.6 is 0 Å². The maximum Gasteiger partial charge on any atom is 0.249 e. The largest absolute Gasteiger partial charge is 0.391 e. The highest BCUT2D eigenvalue weighted by Crippen LogP contribution is 2.41. The quantitative estimate of drug-likeness (QED) is 0.903. The number of rotatable bonds is 2. The van der Waals surface area contributed by atoms with Gasteiger partial charge in [-0.15, -0.1) is 0 Å². The van der Waals surface area contributed by atoms with Crippen molar-refractivity contribution < 1.29 is 14.7 Å². The summed E-state index contributed by atoms with van der Waals surface area (Å²) in [5, 5.41) is 9.97. The Kier molecular flexibility index (Phi) is 4.24. The number of anilines is 1. The van der Waals surface area contributed by atoms with E-state index in [1.54, 1.807) is 4.90 Å². The fourth-order valence-corrected chi connectivity index (χ4v) is 4.16. The van der Waals surface area contributed by atoms with E-state index in [9.17, 15) is 14.7 Å². The second-order valence-corrected chi connectivity index (χ2v) is 7.05. The van der Waals surface area contributed by atoms with Crippen molar-refractivity contribution in [2.24, 2.45) is 0 Å². The standard InChI is InChI=1S/C21H22N2O3/c1-14(24)22-12-16(25)11-20(22)21(26)23-13-18(15-7-3-2-4-8-15)17-9-5-6-10-19(17)23/h2-10,16,18,20,25H,11-13H2,1H3/t16-,18?,20+/m1/s1. The lowest BCUT2D eigenvalue weighted by Gasteiger charge is -2.27. The molecule has 1 fully saturated rings. The van der Waals surface area contributed by atoms with E-state index < -0.39 is 12.1 Å². The van der Waals surface area contributed by atoms with Crippen molar-refractivity contribution in [2.75, 3.05) is 18.0 Å². The van der Waals surface area contributed by atoms with Gasteiger partial charge in [0.05, 0.1) is 6.10 Å². The van der Waals surface area contributed by atoms with Gasteiger partial charge >= 0.3 is 0 Å². The Morgan fingerprint density at radius 3 is 2.42 bits per heavy atom. The summed E-state index contributed by atoms with van der Waals surface area (Å²) in [5.74, 6) is -0.164. The van der Waals surface area contributed by atoms with E-state index in [1.807, 2.05) is 36.4 Å². The molecule has 1 saturated heterocycles. The van der Waals surface area contributed by atoms with Crippen molar-refractivity contribution in [3.05, 3.63) is 65.7 Å². The molecule has 2 aromatic carbocycles. The van der Waals surface area contributed by atoms with Gasteiger partial charge in [-0.3, -0.25) is 9.59 Å². The molecule has 2 aliphatic rings. The molecule has 2 heterocycles. The molecule has 26 heavy (non-hydrogen) atoms. The Hall–Kier alpha value is -2.66. The lowest BCUT2D eigenvalue weighted by atomic mass is 9.93. The number of para-hydroxylation sites is 1. The van der Waals surface area contributed by atoms with E-state index in [2.05, 4.69) is 18.2 Å². The number of nitrogens with zero attached hydrogens (tertiary/aromatic N) is 2. The first-order valence-corrected chi connectivity index (χ1v) is 8.96. The number of carbonyl (C=O) groups is 2. The molecule has 0 saturated carbocycles. The minimum Gasteiger partial charge on any atom is -0.391 e. The fraction of sp³-hybridized carbons (Fsp3) is 0.333. The van der Waals surface area contributed by atoms with Crippen LogP contribution in [0.3, 0.4) is 0 Å². The molecular formula is C21H22N2O3. The molecule has 1 N–H and O–H groups in total. The van der Waals surface area contributed by atoms with E-state index >= 15 is 0 Å². The highest BCUT2D eigenvalue weighted by molar-refractivity contribution is 6.01. The van der Waals surface area contributed by atoms with Crippen LogP contribution in [0.2, 0.25) is 0 Å². The Bertz CT molecular complexity index is 836. The summed E-state index contributed by atoms with van der Waals surface area (Å²) in [6.45, 7) is 2.23. The van der Waals surface area contributed by atoms with Crippen LogP contribution in [-0.2, 0) is 9.59 Å². The van der Waals surface area contributed by atoms with Gasteiger partial charge in [0.15, 0.2) is 0 Å². The summed E-state index contributed by atoms with van der Waals surface area (Å²) < 4.78 is 0. The van der Waals surface area contributed by atoms with E-state index in [0.717, 1.165) is 11.3 Å². The van der Waals surface area contributed by atoms with Gasteiger partial charge in [0.1, 0.15) is 6.04 Å². The first-order chi connectivity index (χ1) is 12.6. The summed E-state index contributed by atoms with van der Waals surface area (Å²) in [5.41, 5.74) is 3.20. The SMILES string of the molecule is CC(=O)N1C[C@H](O)C[C@H]1C(=O)N1CC(c2ccccc2)c2ccccc21. The predicted molar refractivity (Wildman–Crippen MR) is 98.9 cm³/mol. The van der Waals surface area contributed by atoms with Crippen molar-refractivity contribution in [2.45, 2.75) is 31.4 Å². The number of amides is 2. The second-order valence-electron chi connectivity index (χ2n) is 7.05. The minimum atomic E-state index is -0.643. The lowest BCUT2D eigenvalue weighted by molar-refractivity contribution is -0.135. The molecule has 2 aromatic rings. The predicted octanol–water partition coefficient (Wildman–Crippen LogP) is 2.15. The van der Waals surface area contributed by atoms with Crippen molar-refractivity contribution in [1.29, 1.82) is 0 Å². The summed E-state index contributed by atoms with van der Waals surface area (Å²) in [7, 11) is 0. The Labute approximate surface area is 152 Å². The molecule has 2 aliphatic heterocycles. The zero-order valence-corrected chi connectivity index (χ0v) is 14.7. The molecule has 5 nitrogen and oxygen atoms in total. The van der Waals surface area contributed by atoms with E-state index in [-0.39, 0.29) is 24.3 Å². The third-order valence-electron chi connectivity index (χ3n) is 5.40. The van der Waals surface area contributed by atoms with Crippen LogP contribution in [0.5, 0.6) is 0 Å². The zero-order chi connectivity index (χ0) is 18.3. The van der Waals surface area contributed by atoms with Gasteiger partial charge in [-0.05, 0) is 17.2 Å². The van der Waals surface area contributed by atoms with Crippen molar-refractivity contribution in [3.63, 3.8) is 0 Å². The smallest absolute Gasteiger partial charge is 0.249 e. The number of benzene rings is 2. The summed E-state index contributed by atoms with van der Waals surface area (Å²) in [6, 6.07) is 17.5. The molecular weight excluding hydrogens is 328 g/mol. The Morgan fingerprint density at radius 2 is 1.69 bits per heavy atom. The van der Waals surface area contributed by atoms with Crippen LogP contribution in [0.25, 0.3) is 0 Å². The number of aliphatic hydroxyl groups excluding tert-OH is 1. The number of carbonyl (C=O) groups excluding carboxylic acids is 2. The average Bonchev–Trinajstić information content (AvgIpc) is 3.23. The zero-order valence-electron chi connectivity index (χ0n) is 14.7. The lowest BCUT2D eigenvalue weighted by Crippen LogP contribution is -2.47. The molecule has 0 spiro atoms. The van der Waals surface area contributed by atoms with Crippen molar-refractivity contribution in [3.8, 4) is 0 Å². The van der Waals surface area contributed by atoms with Gasteiger partial charge in [-0.25, -0.2) is 0 Å². The van der Waals surface area contributed by atoms with Gasteiger partial charge in [0.25, 0.3) is 0 Å². The summed E-state index contributed by atoms with van der Waals surface area (Å²) in [4.78, 5) is 28.4. The number of β-amino-alcohol motifs (C(OH)–C–C–N with tert-alkyl or cyclic N) is 1. The van der Waals surface area contributed by atoms with Gasteiger partial charge < -0.3 is 14.9 Å². The summed E-state index contributed by atoms with van der Waals surface area (Å²) >= 11 is 0. The maximum atomic E-state index is 13.3. The van der Waals surface area contributed by atoms with E-state index in [1.165, 1.54) is 17.4 Å². The van der Waals surface area contributed by atoms with Crippen LogP contribution < -0.4 is 4.90 Å². The van der Waals surface area contributed by atoms with Crippen LogP contribution in [0.1, 0.15) is 30.4 Å². The number of aliphatic hydroxyl groups is 1. The Morgan fingerprint density at radius 1 is 1.00 bits per heavy atom. The van der Waals surface area contributed by atoms with E-state index in [0.29, 0.717) is 13.0 Å². The molecule has 5 heteroatoms. The molecule has 2 amide bonds. The van der Waals surface area contributed by atoms with Gasteiger partial charge in [-0.2, -0.15) is 0 Å². The van der Waals surface area contributed by atoms with Crippen LogP contribution in [0.4, 0.5) is 5.69 Å². The van der Waals surface area contributed by atoms with Gasteiger partial charge in [0.2, 0.25) is 11.8 Å². The molecule has 4 rings (SSSR count). The molecule has 0 aromatic heterocycles. The topological polar surface area (TPSA) is 60.9 Å². The van der Waals surface area contributed by atoms with E-state index in [4.69, 9.17) is 0 Å². The van der Waals surface area contributed by atoms with Crippen molar-refractivity contribution in [1.82, 2.24) is 4.90 Å². The molecule has 3 atom stereocenters. The first kappa shape index (κ1) is 16.8. The maximum absolute atomic E-state index is 13.3. The van der Waals surface area contributed by atoms with Crippen molar-refractivity contribution >= 4 is 17.5 Å². The highest BCUT2D eigenvalue weighted by atomic mass is 16.3. The number of fused-ring (bicyclic) bond motifs is 1. The third kappa shape index (κ3) is 2.78. The fourth-order valence-electron chi connectivity index (χ4n) is 4.16. The molecule has 134 valence electrons. The second kappa shape index (κ2) is 6.57. The monoisotopic (exact) mass is 350 g/mol. The number of hydrogen-bond acceptors (Lipinski definition) is 3. The van der Waals surface area contributed by atoms with Crippen LogP contribution in [-0.4, -0.2) is 47.1 Å². The van der Waals surface area contributed by atoms with Gasteiger partial charge in [0, 0.05) is 38.0 Å². The molecule has 0 radical (unpaired) electrons. The van der Waals surface area contributed by atoms with Crippen LogP contribution in [0, 0.1) is 0 Å². The molecule has 0 aliphatic carbocycles. The van der Waals surface area contributed by atoms with Crippen LogP contribution in [0.15, 0.2) is 54.6 Å². The first-order valence-electron chi connectivity index (χ1n) is 8.96. The molecule has 0 bridgehead atoms.